The quantitative estimate of drug-likeness (QED) is 0.396. The summed E-state index contributed by atoms with van der Waals surface area (Å²) in [5.41, 5.74) is 4.35. The van der Waals surface area contributed by atoms with E-state index in [4.69, 9.17) is 9.84 Å². The number of aliphatic carboxylic acids is 1. The van der Waals surface area contributed by atoms with E-state index in [9.17, 15) is 9.90 Å². The van der Waals surface area contributed by atoms with Crippen LogP contribution in [0.4, 0.5) is 0 Å². The monoisotopic (exact) mass is 426 g/mol. The van der Waals surface area contributed by atoms with Crippen molar-refractivity contribution in [3.8, 4) is 11.5 Å². The Bertz CT molecular complexity index is 1110. The zero-order chi connectivity index (χ0) is 22.6. The minimum absolute atomic E-state index is 0.314. The predicted molar refractivity (Wildman–Crippen MR) is 126 cm³/mol. The molecule has 162 valence electrons. The number of rotatable bonds is 7. The van der Waals surface area contributed by atoms with E-state index in [1.54, 1.807) is 12.1 Å². The third-order valence-electron chi connectivity index (χ3n) is 4.79. The van der Waals surface area contributed by atoms with Gasteiger partial charge in [-0.3, -0.25) is 0 Å². The van der Waals surface area contributed by atoms with Crippen LogP contribution in [0.15, 0.2) is 109 Å². The molecule has 4 rings (SSSR count). The van der Waals surface area contributed by atoms with Crippen LogP contribution in [0.5, 0.6) is 11.5 Å². The second kappa shape index (κ2) is 12.0. The molecule has 0 aliphatic carbocycles. The Morgan fingerprint density at radius 2 is 1.09 bits per heavy atom. The molecule has 0 aliphatic heterocycles. The summed E-state index contributed by atoms with van der Waals surface area (Å²) in [5.74, 6) is 0.0321. The van der Waals surface area contributed by atoms with E-state index in [-0.39, 0.29) is 6.61 Å². The number of carboxylic acid groups (broad SMARTS) is 1. The lowest BCUT2D eigenvalue weighted by Gasteiger charge is -2.09. The number of hydrogen-bond donors (Lipinski definition) is 2. The Hall–Kier alpha value is -4.05. The van der Waals surface area contributed by atoms with E-state index >= 15 is 0 Å². The number of para-hydroxylation sites is 2. The van der Waals surface area contributed by atoms with Crippen LogP contribution in [-0.2, 0) is 17.6 Å². The fourth-order valence-corrected chi connectivity index (χ4v) is 3.22. The van der Waals surface area contributed by atoms with Crippen molar-refractivity contribution in [2.45, 2.75) is 12.8 Å². The van der Waals surface area contributed by atoms with Gasteiger partial charge in [0.05, 0.1) is 0 Å². The highest BCUT2D eigenvalue weighted by Gasteiger charge is 2.06. The summed E-state index contributed by atoms with van der Waals surface area (Å²) in [5, 5.41) is 18.2. The van der Waals surface area contributed by atoms with Gasteiger partial charge in [-0.15, -0.1) is 0 Å². The maximum atomic E-state index is 10.5. The topological polar surface area (TPSA) is 66.8 Å². The lowest BCUT2D eigenvalue weighted by molar-refractivity contribution is -0.139. The molecule has 0 heterocycles. The molecule has 0 atom stereocenters. The molecular formula is C28H26O4. The van der Waals surface area contributed by atoms with Crippen LogP contribution >= 0.6 is 0 Å². The van der Waals surface area contributed by atoms with Crippen LogP contribution < -0.4 is 4.74 Å². The Kier molecular flexibility index (Phi) is 8.46. The van der Waals surface area contributed by atoms with Gasteiger partial charge in [-0.1, -0.05) is 97.1 Å². The molecule has 0 fully saturated rings. The lowest BCUT2D eigenvalue weighted by Crippen LogP contribution is -2.10. The largest absolute Gasteiger partial charge is 0.508 e. The SMILES string of the molecule is O=C(O)COc1ccccc1Cc1ccccc1.Oc1ccccc1Cc1ccccc1. The van der Waals surface area contributed by atoms with E-state index < -0.39 is 5.97 Å². The van der Waals surface area contributed by atoms with Gasteiger partial charge in [0.15, 0.2) is 6.61 Å². The van der Waals surface area contributed by atoms with Gasteiger partial charge >= 0.3 is 5.97 Å². The fourth-order valence-electron chi connectivity index (χ4n) is 3.22. The number of carboxylic acids is 1. The second-order valence-corrected chi connectivity index (χ2v) is 7.24. The average molecular weight is 427 g/mol. The van der Waals surface area contributed by atoms with Crippen molar-refractivity contribution in [1.82, 2.24) is 0 Å². The standard InChI is InChI=1S/C15H14O3.C13H12O/c16-15(17)11-18-14-9-5-4-8-13(14)10-12-6-2-1-3-7-12;14-13-9-5-4-8-12(13)10-11-6-2-1-3-7-11/h1-9H,10-11H2,(H,16,17);1-9,14H,10H2. The molecule has 32 heavy (non-hydrogen) atoms. The molecule has 4 nitrogen and oxygen atoms in total. The molecule has 0 radical (unpaired) electrons. The van der Waals surface area contributed by atoms with Gasteiger partial charge < -0.3 is 14.9 Å². The molecule has 0 saturated heterocycles. The fraction of sp³-hybridized carbons (Fsp3) is 0.107. The number of aromatic hydroxyl groups is 1. The highest BCUT2D eigenvalue weighted by molar-refractivity contribution is 5.68. The molecule has 0 unspecified atom stereocenters. The van der Waals surface area contributed by atoms with Gasteiger partial charge in [0.2, 0.25) is 0 Å². The number of phenolic OH excluding ortho intramolecular Hbond substituents is 1. The van der Waals surface area contributed by atoms with Gasteiger partial charge in [0, 0.05) is 12.8 Å². The summed E-state index contributed by atoms with van der Waals surface area (Å²) in [6, 6.07) is 35.1. The van der Waals surface area contributed by atoms with E-state index in [2.05, 4.69) is 12.1 Å². The van der Waals surface area contributed by atoms with Crippen molar-refractivity contribution in [2.24, 2.45) is 0 Å². The third-order valence-corrected chi connectivity index (χ3v) is 4.79. The normalized spacial score (nSPS) is 10.0. The summed E-state index contributed by atoms with van der Waals surface area (Å²) >= 11 is 0. The first-order chi connectivity index (χ1) is 15.6. The molecule has 0 amide bonds. The Labute approximate surface area is 188 Å². The van der Waals surface area contributed by atoms with Crippen molar-refractivity contribution in [2.75, 3.05) is 6.61 Å². The predicted octanol–water partition coefficient (Wildman–Crippen LogP) is 5.72. The molecule has 0 saturated carbocycles. The van der Waals surface area contributed by atoms with E-state index in [0.29, 0.717) is 11.5 Å². The summed E-state index contributed by atoms with van der Waals surface area (Å²) < 4.78 is 5.27. The molecule has 2 N–H and O–H groups in total. The first-order valence-electron chi connectivity index (χ1n) is 10.4. The first kappa shape index (κ1) is 22.6. The molecular weight excluding hydrogens is 400 g/mol. The van der Waals surface area contributed by atoms with Crippen LogP contribution in [0.25, 0.3) is 0 Å². The van der Waals surface area contributed by atoms with Crippen molar-refractivity contribution >= 4 is 5.97 Å². The van der Waals surface area contributed by atoms with Crippen molar-refractivity contribution in [1.29, 1.82) is 0 Å². The zero-order valence-corrected chi connectivity index (χ0v) is 17.7. The van der Waals surface area contributed by atoms with Crippen molar-refractivity contribution in [3.63, 3.8) is 0 Å². The van der Waals surface area contributed by atoms with E-state index in [1.165, 1.54) is 11.1 Å². The highest BCUT2D eigenvalue weighted by Crippen LogP contribution is 2.21. The highest BCUT2D eigenvalue weighted by atomic mass is 16.5. The van der Waals surface area contributed by atoms with Crippen LogP contribution in [0, 0.1) is 0 Å². The summed E-state index contributed by atoms with van der Waals surface area (Å²) in [6.45, 7) is -0.314. The first-order valence-corrected chi connectivity index (χ1v) is 10.4. The average Bonchev–Trinajstić information content (AvgIpc) is 2.82. The number of ether oxygens (including phenoxy) is 1. The maximum absolute atomic E-state index is 10.5. The Balaban J connectivity index is 0.000000186. The molecule has 4 heteroatoms. The van der Waals surface area contributed by atoms with Crippen LogP contribution in [0.3, 0.4) is 0 Å². The molecule has 4 aromatic carbocycles. The molecule has 0 bridgehead atoms. The van der Waals surface area contributed by atoms with Gasteiger partial charge in [-0.2, -0.15) is 0 Å². The van der Waals surface area contributed by atoms with E-state index in [0.717, 1.165) is 24.0 Å². The second-order valence-electron chi connectivity index (χ2n) is 7.24. The van der Waals surface area contributed by atoms with Crippen molar-refractivity contribution in [3.05, 3.63) is 131 Å². The smallest absolute Gasteiger partial charge is 0.341 e. The van der Waals surface area contributed by atoms with Gasteiger partial charge in [-0.05, 0) is 34.4 Å². The van der Waals surface area contributed by atoms with Gasteiger partial charge in [0.25, 0.3) is 0 Å². The molecule has 0 aliphatic rings. The van der Waals surface area contributed by atoms with E-state index in [1.807, 2.05) is 84.9 Å². The summed E-state index contributed by atoms with van der Waals surface area (Å²) in [6.07, 6.45) is 1.52. The number of hydrogen-bond acceptors (Lipinski definition) is 3. The van der Waals surface area contributed by atoms with Crippen LogP contribution in [-0.4, -0.2) is 22.8 Å². The number of carbonyl (C=O) groups is 1. The minimum Gasteiger partial charge on any atom is -0.508 e. The van der Waals surface area contributed by atoms with Crippen LogP contribution in [0.2, 0.25) is 0 Å². The zero-order valence-electron chi connectivity index (χ0n) is 17.7. The Morgan fingerprint density at radius 3 is 1.66 bits per heavy atom. The van der Waals surface area contributed by atoms with Gasteiger partial charge in [-0.25, -0.2) is 4.79 Å². The lowest BCUT2D eigenvalue weighted by atomic mass is 10.0. The third kappa shape index (κ3) is 7.33. The minimum atomic E-state index is -0.968. The van der Waals surface area contributed by atoms with Crippen molar-refractivity contribution < 1.29 is 19.7 Å². The Morgan fingerprint density at radius 1 is 0.625 bits per heavy atom. The summed E-state index contributed by atoms with van der Waals surface area (Å²) in [7, 11) is 0. The number of benzene rings is 4. The summed E-state index contributed by atoms with van der Waals surface area (Å²) in [4.78, 5) is 10.5. The maximum Gasteiger partial charge on any atom is 0.341 e. The molecule has 4 aromatic rings. The number of phenols is 1. The molecule has 0 spiro atoms. The van der Waals surface area contributed by atoms with Crippen LogP contribution in [0.1, 0.15) is 22.3 Å². The van der Waals surface area contributed by atoms with Gasteiger partial charge in [0.1, 0.15) is 11.5 Å². The molecule has 0 aromatic heterocycles.